The molecule has 0 aliphatic carbocycles. The SMILES string of the molecule is [2H]CC(=O)OC[C@H]1OC(n2cc(Cc3ccc(OC(F)F)cc3)c3c(F)cccc32)[C@H](OC(=O)C[2H])[C@@H](OC(=O)C[2H])[C@@H]1OC(=O)C[2H]. The molecule has 14 heteroatoms. The number of hydrogen-bond acceptors (Lipinski definition) is 10. The minimum absolute atomic E-state index is 0.0504. The third kappa shape index (κ3) is 7.67. The number of carbonyl (C=O) groups excluding carboxylic acids is 4. The van der Waals surface area contributed by atoms with Crippen molar-refractivity contribution in [3.05, 3.63) is 65.6 Å². The van der Waals surface area contributed by atoms with Crippen molar-refractivity contribution in [1.29, 1.82) is 0 Å². The van der Waals surface area contributed by atoms with Gasteiger partial charge in [0.05, 0.1) is 5.52 Å². The third-order valence-corrected chi connectivity index (χ3v) is 6.52. The number of halogens is 3. The minimum Gasteiger partial charge on any atom is -0.463 e. The third-order valence-electron chi connectivity index (χ3n) is 6.52. The molecule has 1 aliphatic rings. The number of alkyl halides is 2. The monoisotopic (exact) mass is 625 g/mol. The summed E-state index contributed by atoms with van der Waals surface area (Å²) in [6.07, 6.45) is -6.65. The molecule has 1 aromatic heterocycles. The lowest BCUT2D eigenvalue weighted by molar-refractivity contribution is -0.267. The fourth-order valence-corrected chi connectivity index (χ4v) is 4.99. The molecule has 0 bridgehead atoms. The summed E-state index contributed by atoms with van der Waals surface area (Å²) >= 11 is 0. The van der Waals surface area contributed by atoms with Gasteiger partial charge < -0.3 is 33.0 Å². The number of hydrogen-bond donors (Lipinski definition) is 0. The van der Waals surface area contributed by atoms with Crippen LogP contribution in [0.5, 0.6) is 5.75 Å². The van der Waals surface area contributed by atoms with E-state index in [2.05, 4.69) is 4.74 Å². The van der Waals surface area contributed by atoms with E-state index in [0.29, 0.717) is 11.1 Å². The van der Waals surface area contributed by atoms with Crippen LogP contribution < -0.4 is 4.74 Å². The summed E-state index contributed by atoms with van der Waals surface area (Å²) < 4.78 is 104. The maximum Gasteiger partial charge on any atom is 0.387 e. The second-order valence-electron chi connectivity index (χ2n) is 9.51. The van der Waals surface area contributed by atoms with Crippen LogP contribution in [0.4, 0.5) is 13.2 Å². The van der Waals surface area contributed by atoms with Gasteiger partial charge in [0.25, 0.3) is 0 Å². The molecule has 4 rings (SSSR count). The highest BCUT2D eigenvalue weighted by Gasteiger charge is 2.53. The summed E-state index contributed by atoms with van der Waals surface area (Å²) in [6.45, 7) is -7.20. The second-order valence-corrected chi connectivity index (χ2v) is 9.51. The number of benzene rings is 2. The first-order valence-electron chi connectivity index (χ1n) is 15.7. The molecule has 2 aromatic carbocycles. The lowest BCUT2D eigenvalue weighted by atomic mass is 9.97. The highest BCUT2D eigenvalue weighted by molar-refractivity contribution is 5.85. The van der Waals surface area contributed by atoms with E-state index in [1.54, 1.807) is 0 Å². The summed E-state index contributed by atoms with van der Waals surface area (Å²) in [7, 11) is 0. The maximum atomic E-state index is 15.5. The zero-order valence-corrected chi connectivity index (χ0v) is 23.0. The van der Waals surface area contributed by atoms with Gasteiger partial charge in [0.15, 0.2) is 24.5 Å². The fraction of sp³-hybridized carbons (Fsp3) is 0.400. The van der Waals surface area contributed by atoms with Crippen LogP contribution in [-0.4, -0.2) is 66.1 Å². The number of esters is 4. The molecule has 2 heterocycles. The number of rotatable bonds is 10. The van der Waals surface area contributed by atoms with Crippen LogP contribution in [0.15, 0.2) is 48.7 Å². The summed E-state index contributed by atoms with van der Waals surface area (Å²) in [5.74, 6) is -5.16. The first kappa shape index (κ1) is 27.0. The van der Waals surface area contributed by atoms with E-state index in [1.165, 1.54) is 53.2 Å². The molecule has 5 atom stereocenters. The Balaban J connectivity index is 1.86. The van der Waals surface area contributed by atoms with E-state index in [4.69, 9.17) is 29.2 Å². The van der Waals surface area contributed by atoms with Crippen molar-refractivity contribution < 1.29 is 66.3 Å². The fourth-order valence-electron chi connectivity index (χ4n) is 4.99. The van der Waals surface area contributed by atoms with Gasteiger partial charge in [-0.25, -0.2) is 4.39 Å². The van der Waals surface area contributed by atoms with Crippen LogP contribution in [0, 0.1) is 5.82 Å². The van der Waals surface area contributed by atoms with Crippen molar-refractivity contribution in [3.63, 3.8) is 0 Å². The molecule has 0 radical (unpaired) electrons. The van der Waals surface area contributed by atoms with Gasteiger partial charge in [-0.1, -0.05) is 18.2 Å². The van der Waals surface area contributed by atoms with Gasteiger partial charge in [-0.2, -0.15) is 8.78 Å². The molecule has 44 heavy (non-hydrogen) atoms. The first-order valence-corrected chi connectivity index (χ1v) is 12.9. The van der Waals surface area contributed by atoms with E-state index in [0.717, 1.165) is 0 Å². The molecule has 1 saturated heterocycles. The van der Waals surface area contributed by atoms with E-state index in [-0.39, 0.29) is 23.1 Å². The van der Waals surface area contributed by atoms with Gasteiger partial charge in [0.1, 0.15) is 24.3 Å². The molecule has 236 valence electrons. The minimum atomic E-state index is -3.03. The average molecular weight is 626 g/mol. The number of fused-ring (bicyclic) bond motifs is 1. The Morgan fingerprint density at radius 2 is 1.52 bits per heavy atom. The summed E-state index contributed by atoms with van der Waals surface area (Å²) in [5.41, 5.74) is 1.08. The molecule has 1 fully saturated rings. The zero-order valence-electron chi connectivity index (χ0n) is 27.0. The van der Waals surface area contributed by atoms with Crippen LogP contribution in [0.3, 0.4) is 0 Å². The number of nitrogens with zero attached hydrogens (tertiary/aromatic N) is 1. The number of aromatic nitrogens is 1. The van der Waals surface area contributed by atoms with Gasteiger partial charge in [0, 0.05) is 44.7 Å². The van der Waals surface area contributed by atoms with Crippen molar-refractivity contribution in [1.82, 2.24) is 4.57 Å². The van der Waals surface area contributed by atoms with Gasteiger partial charge in [-0.3, -0.25) is 19.2 Å². The average Bonchev–Trinajstić information content (AvgIpc) is 3.44. The highest BCUT2D eigenvalue weighted by Crippen LogP contribution is 2.38. The quantitative estimate of drug-likeness (QED) is 0.239. The highest BCUT2D eigenvalue weighted by atomic mass is 19.3. The molecule has 3 aromatic rings. The molecule has 11 nitrogen and oxygen atoms in total. The van der Waals surface area contributed by atoms with Gasteiger partial charge in [-0.05, 0) is 41.8 Å². The molecule has 1 aliphatic heterocycles. The maximum absolute atomic E-state index is 15.5. The van der Waals surface area contributed by atoms with Crippen LogP contribution in [0.25, 0.3) is 10.9 Å². The largest absolute Gasteiger partial charge is 0.463 e. The van der Waals surface area contributed by atoms with Crippen molar-refractivity contribution in [2.45, 2.75) is 71.3 Å². The van der Waals surface area contributed by atoms with Crippen molar-refractivity contribution in [2.24, 2.45) is 0 Å². The Kier molecular flexibility index (Phi) is 8.47. The predicted molar refractivity (Wildman–Crippen MR) is 145 cm³/mol. The lowest BCUT2D eigenvalue weighted by Gasteiger charge is -2.44. The molecule has 0 amide bonds. The van der Waals surface area contributed by atoms with E-state index in [9.17, 15) is 28.0 Å². The molecule has 1 unspecified atom stereocenters. The Hall–Kier alpha value is -4.59. The summed E-state index contributed by atoms with van der Waals surface area (Å²) in [6, 6.07) is 9.68. The van der Waals surface area contributed by atoms with Gasteiger partial charge >= 0.3 is 30.5 Å². The Morgan fingerprint density at radius 1 is 0.886 bits per heavy atom. The normalized spacial score (nSPS) is 22.7. The lowest BCUT2D eigenvalue weighted by Crippen LogP contribution is -2.60. The standard InChI is InChI=1S/C30H30F3NO10/c1-15(35)39-14-24-26(40-16(2)36)27(41-17(3)37)28(42-18(4)38)29(44-24)34-13-20(25-22(31)6-5-7-23(25)34)12-19-8-10-21(11-9-19)43-30(32)33/h5-11,13,24,26-30H,12,14H2,1-4H3/t24-,26-,27+,28-,29?/m1/s1/i1D,2D,3D,4D. The molecule has 0 N–H and O–H groups in total. The van der Waals surface area contributed by atoms with Crippen molar-refractivity contribution in [3.8, 4) is 5.75 Å². The Morgan fingerprint density at radius 3 is 2.16 bits per heavy atom. The Bertz CT molecular complexity index is 1610. The van der Waals surface area contributed by atoms with Crippen LogP contribution in [0.1, 0.15) is 50.4 Å². The molecular weight excluding hydrogens is 591 g/mol. The molecule has 0 spiro atoms. The van der Waals surface area contributed by atoms with Crippen LogP contribution >= 0.6 is 0 Å². The molecular formula is C30H30F3NO10. The van der Waals surface area contributed by atoms with Crippen molar-refractivity contribution >= 4 is 34.8 Å². The topological polar surface area (TPSA) is 129 Å². The summed E-state index contributed by atoms with van der Waals surface area (Å²) in [4.78, 5) is 49.2. The number of carbonyl (C=O) groups is 4. The smallest absolute Gasteiger partial charge is 0.387 e. The van der Waals surface area contributed by atoms with E-state index >= 15 is 4.39 Å². The van der Waals surface area contributed by atoms with Crippen LogP contribution in [-0.2, 0) is 49.3 Å². The van der Waals surface area contributed by atoms with Crippen molar-refractivity contribution in [2.75, 3.05) is 6.61 Å². The first-order chi connectivity index (χ1) is 23.0. The molecule has 0 saturated carbocycles. The van der Waals surface area contributed by atoms with Gasteiger partial charge in [0.2, 0.25) is 0 Å². The van der Waals surface area contributed by atoms with E-state index < -0.39 is 101 Å². The number of ether oxygens (including phenoxy) is 6. The zero-order chi connectivity index (χ0) is 35.0. The second kappa shape index (κ2) is 13.8. The van der Waals surface area contributed by atoms with Crippen LogP contribution in [0.2, 0.25) is 0 Å². The summed E-state index contributed by atoms with van der Waals surface area (Å²) in [5, 5.41) is 0.0826. The predicted octanol–water partition coefficient (Wildman–Crippen LogP) is 4.23. The Labute approximate surface area is 255 Å². The van der Waals surface area contributed by atoms with E-state index in [1.807, 2.05) is 0 Å². The van der Waals surface area contributed by atoms with Gasteiger partial charge in [-0.15, -0.1) is 0 Å².